The fourth-order valence-corrected chi connectivity index (χ4v) is 1.51. The van der Waals surface area contributed by atoms with Crippen LogP contribution in [0.15, 0.2) is 23.7 Å². The van der Waals surface area contributed by atoms with Gasteiger partial charge < -0.3 is 16.4 Å². The molecule has 3 nitrogen and oxygen atoms in total. The molecule has 86 valence electrons. The molecule has 0 spiro atoms. The van der Waals surface area contributed by atoms with E-state index in [9.17, 15) is 0 Å². The lowest BCUT2D eigenvalue weighted by molar-refractivity contribution is 0.421. The maximum atomic E-state index is 5.96. The summed E-state index contributed by atoms with van der Waals surface area (Å²) in [4.78, 5) is 2.20. The molecule has 0 atom stereocenters. The molecule has 0 saturated carbocycles. The van der Waals surface area contributed by atoms with Crippen molar-refractivity contribution < 1.29 is 0 Å². The fraction of sp³-hybridized carbons (Fsp3) is 0.667. The van der Waals surface area contributed by atoms with Crippen molar-refractivity contribution >= 4 is 0 Å². The van der Waals surface area contributed by atoms with Crippen molar-refractivity contribution in [2.75, 3.05) is 13.1 Å². The lowest BCUT2D eigenvalue weighted by Crippen LogP contribution is -2.24. The maximum Gasteiger partial charge on any atom is 0.0986 e. The Bertz CT molecular complexity index is 265. The van der Waals surface area contributed by atoms with Gasteiger partial charge in [0, 0.05) is 24.2 Å². The van der Waals surface area contributed by atoms with Crippen molar-refractivity contribution in [1.29, 1.82) is 0 Å². The molecule has 1 rings (SSSR count). The summed E-state index contributed by atoms with van der Waals surface area (Å²) >= 11 is 0. The molecule has 1 aliphatic heterocycles. The van der Waals surface area contributed by atoms with Gasteiger partial charge in [0.05, 0.1) is 5.82 Å². The van der Waals surface area contributed by atoms with E-state index in [-0.39, 0.29) is 5.41 Å². The molecule has 0 bridgehead atoms. The Balaban J connectivity index is 2.63. The van der Waals surface area contributed by atoms with E-state index >= 15 is 0 Å². The van der Waals surface area contributed by atoms with Gasteiger partial charge in [0.1, 0.15) is 0 Å². The molecule has 1 heterocycles. The molecule has 1 fully saturated rings. The van der Waals surface area contributed by atoms with Gasteiger partial charge in [-0.3, -0.25) is 0 Å². The molecule has 0 aromatic rings. The summed E-state index contributed by atoms with van der Waals surface area (Å²) in [6.45, 7) is 8.44. The Labute approximate surface area is 92.8 Å². The summed E-state index contributed by atoms with van der Waals surface area (Å²) in [7, 11) is 0. The van der Waals surface area contributed by atoms with Crippen molar-refractivity contribution in [2.24, 2.45) is 16.9 Å². The van der Waals surface area contributed by atoms with Gasteiger partial charge in [-0.25, -0.2) is 0 Å². The second-order valence-electron chi connectivity index (χ2n) is 5.16. The van der Waals surface area contributed by atoms with Crippen molar-refractivity contribution in [2.45, 2.75) is 33.6 Å². The third kappa shape index (κ3) is 3.50. The molecule has 0 aromatic heterocycles. The van der Waals surface area contributed by atoms with Crippen LogP contribution in [0.3, 0.4) is 0 Å². The third-order valence-corrected chi connectivity index (χ3v) is 2.77. The van der Waals surface area contributed by atoms with Crippen molar-refractivity contribution in [3.05, 3.63) is 23.7 Å². The molecule has 0 aromatic carbocycles. The van der Waals surface area contributed by atoms with E-state index in [1.165, 1.54) is 12.8 Å². The highest BCUT2D eigenvalue weighted by Crippen LogP contribution is 2.20. The number of allylic oxidation sites excluding steroid dienone is 3. The average molecular weight is 209 g/mol. The largest absolute Gasteiger partial charge is 0.402 e. The third-order valence-electron chi connectivity index (χ3n) is 2.77. The zero-order valence-corrected chi connectivity index (χ0v) is 10.1. The van der Waals surface area contributed by atoms with Gasteiger partial charge in [-0.1, -0.05) is 20.8 Å². The Morgan fingerprint density at radius 2 is 1.60 bits per heavy atom. The zero-order chi connectivity index (χ0) is 11.5. The van der Waals surface area contributed by atoms with Gasteiger partial charge in [-0.05, 0) is 25.0 Å². The Kier molecular flexibility index (Phi) is 3.66. The van der Waals surface area contributed by atoms with Gasteiger partial charge in [-0.15, -0.1) is 0 Å². The molecular weight excluding hydrogens is 186 g/mol. The van der Waals surface area contributed by atoms with E-state index in [1.807, 2.05) is 12.2 Å². The standard InChI is InChI=1S/C12H23N3/c1-12(2,3)10(13)6-7-11(14)15-8-4-5-9-15/h6-7H,4-5,8-9,13-14H2,1-3H3/b10-6-,11-7+. The number of nitrogens with two attached hydrogens (primary N) is 2. The predicted octanol–water partition coefficient (Wildman–Crippen LogP) is 1.77. The number of hydrogen-bond donors (Lipinski definition) is 2. The predicted molar refractivity (Wildman–Crippen MR) is 64.8 cm³/mol. The van der Waals surface area contributed by atoms with E-state index in [2.05, 4.69) is 25.7 Å². The molecule has 1 aliphatic rings. The SMILES string of the molecule is CC(C)(C)/C(N)=C/C=C(\N)N1CCCC1. The Morgan fingerprint density at radius 1 is 1.07 bits per heavy atom. The zero-order valence-electron chi connectivity index (χ0n) is 10.1. The molecule has 0 radical (unpaired) electrons. The highest BCUT2D eigenvalue weighted by molar-refractivity contribution is 5.17. The second-order valence-corrected chi connectivity index (χ2v) is 5.16. The summed E-state index contributed by atoms with van der Waals surface area (Å²) in [6, 6.07) is 0. The van der Waals surface area contributed by atoms with Crippen LogP contribution in [0.2, 0.25) is 0 Å². The molecule has 15 heavy (non-hydrogen) atoms. The molecule has 3 heteroatoms. The van der Waals surface area contributed by atoms with E-state index < -0.39 is 0 Å². The number of nitrogens with zero attached hydrogens (tertiary/aromatic N) is 1. The second kappa shape index (κ2) is 4.60. The summed E-state index contributed by atoms with van der Waals surface area (Å²) in [5.41, 5.74) is 12.8. The van der Waals surface area contributed by atoms with Crippen LogP contribution in [-0.4, -0.2) is 18.0 Å². The van der Waals surface area contributed by atoms with Crippen LogP contribution in [0.1, 0.15) is 33.6 Å². The van der Waals surface area contributed by atoms with Crippen molar-refractivity contribution in [3.8, 4) is 0 Å². The molecule has 1 saturated heterocycles. The summed E-state index contributed by atoms with van der Waals surface area (Å²) < 4.78 is 0. The monoisotopic (exact) mass is 209 g/mol. The fourth-order valence-electron chi connectivity index (χ4n) is 1.51. The summed E-state index contributed by atoms with van der Waals surface area (Å²) in [5, 5.41) is 0. The van der Waals surface area contributed by atoms with Crippen LogP contribution < -0.4 is 11.5 Å². The van der Waals surface area contributed by atoms with E-state index in [0.29, 0.717) is 0 Å². The molecule has 4 N–H and O–H groups in total. The minimum absolute atomic E-state index is 0.0157. The van der Waals surface area contributed by atoms with Gasteiger partial charge in [0.2, 0.25) is 0 Å². The number of likely N-dealkylation sites (tertiary alicyclic amines) is 1. The molecular formula is C12H23N3. The van der Waals surface area contributed by atoms with Crippen LogP contribution in [0.4, 0.5) is 0 Å². The van der Waals surface area contributed by atoms with E-state index in [4.69, 9.17) is 11.5 Å². The maximum absolute atomic E-state index is 5.96. The van der Waals surface area contributed by atoms with Gasteiger partial charge in [0.25, 0.3) is 0 Å². The summed E-state index contributed by atoms with van der Waals surface area (Å²) in [5.74, 6) is 0.833. The number of rotatable bonds is 2. The quantitative estimate of drug-likeness (QED) is 0.681. The highest BCUT2D eigenvalue weighted by Gasteiger charge is 2.14. The van der Waals surface area contributed by atoms with Crippen LogP contribution in [-0.2, 0) is 0 Å². The smallest absolute Gasteiger partial charge is 0.0986 e. The van der Waals surface area contributed by atoms with Crippen molar-refractivity contribution in [1.82, 2.24) is 4.90 Å². The first-order valence-corrected chi connectivity index (χ1v) is 5.59. The van der Waals surface area contributed by atoms with E-state index in [1.54, 1.807) is 0 Å². The Hall–Kier alpha value is -1.12. The Morgan fingerprint density at radius 3 is 2.07 bits per heavy atom. The first-order valence-electron chi connectivity index (χ1n) is 5.59. The lowest BCUT2D eigenvalue weighted by atomic mass is 9.92. The minimum Gasteiger partial charge on any atom is -0.402 e. The van der Waals surface area contributed by atoms with Crippen LogP contribution in [0.5, 0.6) is 0 Å². The first-order chi connectivity index (χ1) is 6.91. The van der Waals surface area contributed by atoms with Crippen molar-refractivity contribution in [3.63, 3.8) is 0 Å². The number of hydrogen-bond acceptors (Lipinski definition) is 3. The van der Waals surface area contributed by atoms with Gasteiger partial charge >= 0.3 is 0 Å². The topological polar surface area (TPSA) is 55.3 Å². The van der Waals surface area contributed by atoms with Crippen LogP contribution >= 0.6 is 0 Å². The van der Waals surface area contributed by atoms with Crippen LogP contribution in [0, 0.1) is 5.41 Å². The van der Waals surface area contributed by atoms with Gasteiger partial charge in [-0.2, -0.15) is 0 Å². The van der Waals surface area contributed by atoms with Gasteiger partial charge in [0.15, 0.2) is 0 Å². The summed E-state index contributed by atoms with van der Waals surface area (Å²) in [6.07, 6.45) is 6.33. The lowest BCUT2D eigenvalue weighted by Gasteiger charge is -2.20. The first kappa shape index (κ1) is 12.0. The van der Waals surface area contributed by atoms with Crippen LogP contribution in [0.25, 0.3) is 0 Å². The molecule has 0 aliphatic carbocycles. The minimum atomic E-state index is 0.0157. The normalized spacial score (nSPS) is 19.8. The highest BCUT2D eigenvalue weighted by atomic mass is 15.2. The average Bonchev–Trinajstić information content (AvgIpc) is 2.64. The molecule has 0 amide bonds. The van der Waals surface area contributed by atoms with E-state index in [0.717, 1.165) is 24.6 Å². The molecule has 0 unspecified atom stereocenters.